The zero-order valence-corrected chi connectivity index (χ0v) is 14.7. The zero-order chi connectivity index (χ0) is 16.3. The van der Waals surface area contributed by atoms with E-state index in [-0.39, 0.29) is 5.91 Å². The number of nitrogens with zero attached hydrogens (tertiary/aromatic N) is 1. The van der Waals surface area contributed by atoms with Crippen LogP contribution in [0.2, 0.25) is 0 Å². The standard InChI is InChI=1S/C18H30N2O/c1-11(2)20(12(3)4)15(7)17-9-10-18(19-16(8)21)14(6)13(17)5/h9-12,15H,1-8H3,(H,19,21). The molecule has 3 nitrogen and oxygen atoms in total. The van der Waals surface area contributed by atoms with Crippen LogP contribution in [0.3, 0.4) is 0 Å². The molecule has 0 aliphatic rings. The van der Waals surface area contributed by atoms with Gasteiger partial charge in [-0.3, -0.25) is 9.69 Å². The van der Waals surface area contributed by atoms with Crippen molar-refractivity contribution in [3.8, 4) is 0 Å². The van der Waals surface area contributed by atoms with Crippen LogP contribution in [-0.4, -0.2) is 22.9 Å². The van der Waals surface area contributed by atoms with Gasteiger partial charge >= 0.3 is 0 Å². The van der Waals surface area contributed by atoms with Crippen molar-refractivity contribution in [2.24, 2.45) is 0 Å². The molecule has 3 heteroatoms. The van der Waals surface area contributed by atoms with E-state index in [9.17, 15) is 4.79 Å². The molecule has 0 spiro atoms. The Balaban J connectivity index is 3.19. The first-order chi connectivity index (χ1) is 9.66. The third-order valence-corrected chi connectivity index (χ3v) is 4.23. The second kappa shape index (κ2) is 7.08. The Bertz CT molecular complexity index is 498. The van der Waals surface area contributed by atoms with Crippen LogP contribution in [0.15, 0.2) is 12.1 Å². The van der Waals surface area contributed by atoms with Crippen LogP contribution in [0.1, 0.15) is 64.3 Å². The van der Waals surface area contributed by atoms with E-state index in [1.54, 1.807) is 6.92 Å². The molecular formula is C18H30N2O. The van der Waals surface area contributed by atoms with E-state index in [0.717, 1.165) is 11.3 Å². The molecule has 0 saturated carbocycles. The molecule has 0 radical (unpaired) electrons. The van der Waals surface area contributed by atoms with Gasteiger partial charge in [0.2, 0.25) is 5.91 Å². The summed E-state index contributed by atoms with van der Waals surface area (Å²) < 4.78 is 0. The van der Waals surface area contributed by atoms with Crippen molar-refractivity contribution >= 4 is 11.6 Å². The fraction of sp³-hybridized carbons (Fsp3) is 0.611. The number of carbonyl (C=O) groups excluding carboxylic acids is 1. The molecule has 0 aliphatic heterocycles. The van der Waals surface area contributed by atoms with Crippen molar-refractivity contribution in [3.63, 3.8) is 0 Å². The molecule has 0 bridgehead atoms. The Kier molecular flexibility index (Phi) is 5.97. The fourth-order valence-electron chi connectivity index (χ4n) is 3.27. The van der Waals surface area contributed by atoms with Crippen LogP contribution in [0.25, 0.3) is 0 Å². The van der Waals surface area contributed by atoms with E-state index in [0.29, 0.717) is 18.1 Å². The molecule has 1 rings (SSSR count). The first kappa shape index (κ1) is 17.7. The van der Waals surface area contributed by atoms with Crippen LogP contribution in [0.4, 0.5) is 5.69 Å². The van der Waals surface area contributed by atoms with Crippen LogP contribution >= 0.6 is 0 Å². The summed E-state index contributed by atoms with van der Waals surface area (Å²) in [6.07, 6.45) is 0. The summed E-state index contributed by atoms with van der Waals surface area (Å²) in [7, 11) is 0. The van der Waals surface area contributed by atoms with Gasteiger partial charge in [-0.15, -0.1) is 0 Å². The third-order valence-electron chi connectivity index (χ3n) is 4.23. The molecular weight excluding hydrogens is 260 g/mol. The minimum atomic E-state index is -0.0238. The molecule has 0 aliphatic carbocycles. The van der Waals surface area contributed by atoms with Crippen molar-refractivity contribution < 1.29 is 4.79 Å². The molecule has 1 aromatic carbocycles. The Labute approximate surface area is 129 Å². The molecule has 0 aromatic heterocycles. The van der Waals surface area contributed by atoms with Crippen LogP contribution < -0.4 is 5.32 Å². The smallest absolute Gasteiger partial charge is 0.221 e. The molecule has 0 heterocycles. The number of nitrogens with one attached hydrogen (secondary N) is 1. The number of amides is 1. The maximum absolute atomic E-state index is 11.3. The van der Waals surface area contributed by atoms with Gasteiger partial charge in [0.05, 0.1) is 0 Å². The van der Waals surface area contributed by atoms with Crippen molar-refractivity contribution in [3.05, 3.63) is 28.8 Å². The number of carbonyl (C=O) groups is 1. The second-order valence-electron chi connectivity index (χ2n) is 6.44. The molecule has 1 N–H and O–H groups in total. The van der Waals surface area contributed by atoms with Crippen molar-refractivity contribution in [1.82, 2.24) is 4.90 Å². The lowest BCUT2D eigenvalue weighted by Crippen LogP contribution is -2.39. The van der Waals surface area contributed by atoms with Crippen LogP contribution in [-0.2, 0) is 4.79 Å². The Morgan fingerprint density at radius 1 is 1.00 bits per heavy atom. The molecule has 1 aromatic rings. The lowest BCUT2D eigenvalue weighted by Gasteiger charge is -2.37. The summed E-state index contributed by atoms with van der Waals surface area (Å²) in [4.78, 5) is 13.8. The van der Waals surface area contributed by atoms with E-state index in [1.807, 2.05) is 6.07 Å². The normalized spacial score (nSPS) is 13.1. The third kappa shape index (κ3) is 4.07. The van der Waals surface area contributed by atoms with Crippen molar-refractivity contribution in [1.29, 1.82) is 0 Å². The van der Waals surface area contributed by atoms with Crippen molar-refractivity contribution in [2.75, 3.05) is 5.32 Å². The minimum Gasteiger partial charge on any atom is -0.326 e. The monoisotopic (exact) mass is 290 g/mol. The van der Waals surface area contributed by atoms with Gasteiger partial charge in [-0.05, 0) is 71.2 Å². The Morgan fingerprint density at radius 2 is 1.52 bits per heavy atom. The predicted molar refractivity (Wildman–Crippen MR) is 90.7 cm³/mol. The highest BCUT2D eigenvalue weighted by Crippen LogP contribution is 2.31. The molecule has 0 fully saturated rings. The van der Waals surface area contributed by atoms with E-state index in [2.05, 4.69) is 64.7 Å². The Morgan fingerprint density at radius 3 is 1.95 bits per heavy atom. The maximum Gasteiger partial charge on any atom is 0.221 e. The van der Waals surface area contributed by atoms with E-state index in [4.69, 9.17) is 0 Å². The summed E-state index contributed by atoms with van der Waals surface area (Å²) >= 11 is 0. The first-order valence-electron chi connectivity index (χ1n) is 7.81. The molecule has 1 unspecified atom stereocenters. The summed E-state index contributed by atoms with van der Waals surface area (Å²) in [6, 6.07) is 5.52. The average Bonchev–Trinajstić information content (AvgIpc) is 2.33. The number of benzene rings is 1. The lowest BCUT2D eigenvalue weighted by molar-refractivity contribution is -0.114. The second-order valence-corrected chi connectivity index (χ2v) is 6.44. The summed E-state index contributed by atoms with van der Waals surface area (Å²) in [5.74, 6) is -0.0238. The number of hydrogen-bond acceptors (Lipinski definition) is 2. The van der Waals surface area contributed by atoms with Gasteiger partial charge in [0.15, 0.2) is 0 Å². The molecule has 118 valence electrons. The number of hydrogen-bond donors (Lipinski definition) is 1. The topological polar surface area (TPSA) is 32.3 Å². The van der Waals surface area contributed by atoms with Gasteiger partial charge in [-0.25, -0.2) is 0 Å². The van der Waals surface area contributed by atoms with Gasteiger partial charge in [0, 0.05) is 30.7 Å². The fourth-order valence-corrected chi connectivity index (χ4v) is 3.27. The van der Waals surface area contributed by atoms with Gasteiger partial charge in [-0.2, -0.15) is 0 Å². The zero-order valence-electron chi connectivity index (χ0n) is 14.7. The molecule has 0 saturated heterocycles. The maximum atomic E-state index is 11.3. The van der Waals surface area contributed by atoms with Gasteiger partial charge < -0.3 is 5.32 Å². The predicted octanol–water partition coefficient (Wildman–Crippen LogP) is 4.44. The SMILES string of the molecule is CC(=O)Nc1ccc(C(C)N(C(C)C)C(C)C)c(C)c1C. The van der Waals surface area contributed by atoms with Gasteiger partial charge in [-0.1, -0.05) is 6.07 Å². The minimum absolute atomic E-state index is 0.0238. The van der Waals surface area contributed by atoms with E-state index < -0.39 is 0 Å². The number of anilines is 1. The van der Waals surface area contributed by atoms with E-state index in [1.165, 1.54) is 11.1 Å². The quantitative estimate of drug-likeness (QED) is 0.869. The summed E-state index contributed by atoms with van der Waals surface area (Å²) in [6.45, 7) is 17.0. The molecule has 1 atom stereocenters. The summed E-state index contributed by atoms with van der Waals surface area (Å²) in [5, 5.41) is 2.90. The van der Waals surface area contributed by atoms with Gasteiger partial charge in [0.25, 0.3) is 0 Å². The molecule has 21 heavy (non-hydrogen) atoms. The highest BCUT2D eigenvalue weighted by Gasteiger charge is 2.23. The largest absolute Gasteiger partial charge is 0.326 e. The van der Waals surface area contributed by atoms with Crippen LogP contribution in [0.5, 0.6) is 0 Å². The van der Waals surface area contributed by atoms with Crippen molar-refractivity contribution in [2.45, 2.75) is 73.5 Å². The average molecular weight is 290 g/mol. The number of rotatable bonds is 5. The van der Waals surface area contributed by atoms with E-state index >= 15 is 0 Å². The first-order valence-corrected chi connectivity index (χ1v) is 7.81. The summed E-state index contributed by atoms with van der Waals surface area (Å²) in [5.41, 5.74) is 4.67. The van der Waals surface area contributed by atoms with Crippen LogP contribution in [0, 0.1) is 13.8 Å². The highest BCUT2D eigenvalue weighted by atomic mass is 16.1. The molecule has 1 amide bonds. The highest BCUT2D eigenvalue weighted by molar-refractivity contribution is 5.89. The Hall–Kier alpha value is -1.35. The van der Waals surface area contributed by atoms with Gasteiger partial charge in [0.1, 0.15) is 0 Å². The lowest BCUT2D eigenvalue weighted by atomic mass is 9.94.